The Morgan fingerprint density at radius 3 is 2.61 bits per heavy atom. The van der Waals surface area contributed by atoms with E-state index < -0.39 is 0 Å². The lowest BCUT2D eigenvalue weighted by atomic mass is 10.0. The quantitative estimate of drug-likeness (QED) is 0.807. The molecule has 1 atom stereocenters. The van der Waals surface area contributed by atoms with E-state index in [2.05, 4.69) is 35.1 Å². The van der Waals surface area contributed by atoms with Gasteiger partial charge in [-0.05, 0) is 37.0 Å². The van der Waals surface area contributed by atoms with Crippen LogP contribution in [0.3, 0.4) is 0 Å². The minimum Gasteiger partial charge on any atom is -0.348 e. The van der Waals surface area contributed by atoms with Crippen molar-refractivity contribution in [2.24, 2.45) is 5.92 Å². The first-order valence-electron chi connectivity index (χ1n) is 6.07. The van der Waals surface area contributed by atoms with Crippen LogP contribution in [0.1, 0.15) is 36.2 Å². The number of carbonyl (C=O) groups is 1. The first kappa shape index (κ1) is 15.5. The molecule has 0 aromatic heterocycles. The summed E-state index contributed by atoms with van der Waals surface area (Å²) in [5.74, 6) is 0.887. The molecule has 2 nitrogen and oxygen atoms in total. The predicted octanol–water partition coefficient (Wildman–Crippen LogP) is 4.14. The summed E-state index contributed by atoms with van der Waals surface area (Å²) < 4.78 is 0.946. The van der Waals surface area contributed by atoms with Gasteiger partial charge in [-0.3, -0.25) is 4.79 Å². The highest BCUT2D eigenvalue weighted by Crippen LogP contribution is 2.17. The van der Waals surface area contributed by atoms with Crippen molar-refractivity contribution in [1.29, 1.82) is 0 Å². The lowest BCUT2D eigenvalue weighted by Crippen LogP contribution is -2.37. The van der Waals surface area contributed by atoms with Crippen molar-refractivity contribution in [1.82, 2.24) is 5.32 Å². The van der Waals surface area contributed by atoms with Crippen molar-refractivity contribution >= 4 is 33.4 Å². The Labute approximate surface area is 122 Å². The molecule has 0 bridgehead atoms. The van der Waals surface area contributed by atoms with E-state index in [1.54, 1.807) is 0 Å². The molecule has 0 fully saturated rings. The minimum atomic E-state index is -0.0676. The number of amides is 1. The van der Waals surface area contributed by atoms with Crippen LogP contribution in [0.2, 0.25) is 0 Å². The van der Waals surface area contributed by atoms with Gasteiger partial charge in [0, 0.05) is 22.0 Å². The van der Waals surface area contributed by atoms with Crippen molar-refractivity contribution in [3.05, 3.63) is 33.8 Å². The zero-order valence-electron chi connectivity index (χ0n) is 11.0. The summed E-state index contributed by atoms with van der Waals surface area (Å²) in [6, 6.07) is 5.62. The smallest absolute Gasteiger partial charge is 0.251 e. The second-order valence-corrected chi connectivity index (χ2v) is 6.08. The van der Waals surface area contributed by atoms with Gasteiger partial charge in [-0.1, -0.05) is 35.8 Å². The average Bonchev–Trinajstić information content (AvgIpc) is 2.31. The van der Waals surface area contributed by atoms with E-state index in [9.17, 15) is 4.79 Å². The summed E-state index contributed by atoms with van der Waals surface area (Å²) >= 11 is 9.31. The van der Waals surface area contributed by atoms with Gasteiger partial charge in [0.05, 0.1) is 0 Å². The van der Waals surface area contributed by atoms with Crippen LogP contribution >= 0.6 is 27.5 Å². The van der Waals surface area contributed by atoms with Gasteiger partial charge in [0.15, 0.2) is 0 Å². The van der Waals surface area contributed by atoms with Gasteiger partial charge in [-0.2, -0.15) is 0 Å². The first-order valence-corrected chi connectivity index (χ1v) is 7.39. The Morgan fingerprint density at radius 2 is 2.11 bits per heavy atom. The molecule has 4 heteroatoms. The van der Waals surface area contributed by atoms with E-state index in [1.807, 2.05) is 25.1 Å². The molecule has 18 heavy (non-hydrogen) atoms. The molecule has 1 N–H and O–H groups in total. The fourth-order valence-electron chi connectivity index (χ4n) is 1.73. The molecule has 0 aliphatic heterocycles. The van der Waals surface area contributed by atoms with Crippen LogP contribution in [0.25, 0.3) is 0 Å². The van der Waals surface area contributed by atoms with Crippen molar-refractivity contribution in [3.63, 3.8) is 0 Å². The number of halogens is 2. The number of benzene rings is 1. The number of hydrogen-bond donors (Lipinski definition) is 1. The topological polar surface area (TPSA) is 29.1 Å². The highest BCUT2D eigenvalue weighted by Gasteiger charge is 2.14. The molecule has 0 saturated carbocycles. The molecule has 0 spiro atoms. The SMILES string of the molecule is Cc1ccc(C(=O)NC(CCl)CC(C)C)cc1Br. The normalized spacial score (nSPS) is 12.6. The highest BCUT2D eigenvalue weighted by molar-refractivity contribution is 9.10. The summed E-state index contributed by atoms with van der Waals surface area (Å²) in [6.07, 6.45) is 0.891. The standard InChI is InChI=1S/C14H19BrClNO/c1-9(2)6-12(8-16)17-14(18)11-5-4-10(3)13(15)7-11/h4-5,7,9,12H,6,8H2,1-3H3,(H,17,18). The van der Waals surface area contributed by atoms with Crippen LogP contribution in [-0.4, -0.2) is 17.8 Å². The van der Waals surface area contributed by atoms with Crippen LogP contribution in [-0.2, 0) is 0 Å². The molecule has 0 aliphatic rings. The third-order valence-corrected chi connectivity index (χ3v) is 3.94. The molecule has 0 aliphatic carbocycles. The van der Waals surface area contributed by atoms with Crippen LogP contribution in [0.15, 0.2) is 22.7 Å². The number of nitrogens with one attached hydrogen (secondary N) is 1. The van der Waals surface area contributed by atoms with Crippen LogP contribution in [0, 0.1) is 12.8 Å². The van der Waals surface area contributed by atoms with Gasteiger partial charge in [0.1, 0.15) is 0 Å². The second-order valence-electron chi connectivity index (χ2n) is 4.92. The van der Waals surface area contributed by atoms with Crippen LogP contribution in [0.4, 0.5) is 0 Å². The average molecular weight is 333 g/mol. The number of rotatable bonds is 5. The maximum absolute atomic E-state index is 12.1. The minimum absolute atomic E-state index is 0.0271. The van der Waals surface area contributed by atoms with Gasteiger partial charge in [-0.15, -0.1) is 11.6 Å². The van der Waals surface area contributed by atoms with Crippen molar-refractivity contribution < 1.29 is 4.79 Å². The van der Waals surface area contributed by atoms with E-state index in [0.717, 1.165) is 16.5 Å². The zero-order chi connectivity index (χ0) is 13.7. The molecular weight excluding hydrogens is 314 g/mol. The molecular formula is C14H19BrClNO. The van der Waals surface area contributed by atoms with E-state index in [4.69, 9.17) is 11.6 Å². The van der Waals surface area contributed by atoms with E-state index in [1.165, 1.54) is 0 Å². The molecule has 0 radical (unpaired) electrons. The highest BCUT2D eigenvalue weighted by atomic mass is 79.9. The predicted molar refractivity (Wildman–Crippen MR) is 80.3 cm³/mol. The molecule has 1 aromatic carbocycles. The van der Waals surface area contributed by atoms with Gasteiger partial charge in [-0.25, -0.2) is 0 Å². The molecule has 0 saturated heterocycles. The molecule has 1 unspecified atom stereocenters. The van der Waals surface area contributed by atoms with Gasteiger partial charge < -0.3 is 5.32 Å². The first-order chi connectivity index (χ1) is 8.43. The van der Waals surface area contributed by atoms with E-state index in [-0.39, 0.29) is 11.9 Å². The van der Waals surface area contributed by atoms with E-state index in [0.29, 0.717) is 17.4 Å². The van der Waals surface area contributed by atoms with Crippen molar-refractivity contribution in [2.75, 3.05) is 5.88 Å². The fourth-order valence-corrected chi connectivity index (χ4v) is 2.31. The Morgan fingerprint density at radius 1 is 1.44 bits per heavy atom. The maximum Gasteiger partial charge on any atom is 0.251 e. The number of aryl methyl sites for hydroxylation is 1. The summed E-state index contributed by atoms with van der Waals surface area (Å²) in [7, 11) is 0. The third kappa shape index (κ3) is 4.62. The number of carbonyl (C=O) groups excluding carboxylic acids is 1. The third-order valence-electron chi connectivity index (χ3n) is 2.71. The molecule has 100 valence electrons. The molecule has 1 aromatic rings. The Bertz CT molecular complexity index is 420. The summed E-state index contributed by atoms with van der Waals surface area (Å²) in [4.78, 5) is 12.1. The lowest BCUT2D eigenvalue weighted by molar-refractivity contribution is 0.0936. The summed E-state index contributed by atoms with van der Waals surface area (Å²) in [6.45, 7) is 6.23. The summed E-state index contributed by atoms with van der Waals surface area (Å²) in [5, 5.41) is 2.97. The Hall–Kier alpha value is -0.540. The molecule has 0 heterocycles. The largest absolute Gasteiger partial charge is 0.348 e. The Kier molecular flexibility index (Phi) is 6.16. The van der Waals surface area contributed by atoms with Gasteiger partial charge in [0.2, 0.25) is 0 Å². The lowest BCUT2D eigenvalue weighted by Gasteiger charge is -2.18. The maximum atomic E-state index is 12.1. The van der Waals surface area contributed by atoms with Gasteiger partial charge >= 0.3 is 0 Å². The fraction of sp³-hybridized carbons (Fsp3) is 0.500. The number of alkyl halides is 1. The molecule has 1 rings (SSSR count). The van der Waals surface area contributed by atoms with Gasteiger partial charge in [0.25, 0.3) is 5.91 Å². The zero-order valence-corrected chi connectivity index (χ0v) is 13.3. The number of hydrogen-bond acceptors (Lipinski definition) is 1. The van der Waals surface area contributed by atoms with Crippen molar-refractivity contribution in [2.45, 2.75) is 33.2 Å². The summed E-state index contributed by atoms with van der Waals surface area (Å²) in [5.41, 5.74) is 1.77. The molecule has 1 amide bonds. The monoisotopic (exact) mass is 331 g/mol. The van der Waals surface area contributed by atoms with Crippen LogP contribution in [0.5, 0.6) is 0 Å². The second kappa shape index (κ2) is 7.15. The van der Waals surface area contributed by atoms with E-state index >= 15 is 0 Å². The Balaban J connectivity index is 2.71. The van der Waals surface area contributed by atoms with Crippen LogP contribution < -0.4 is 5.32 Å². The van der Waals surface area contributed by atoms with Crippen molar-refractivity contribution in [3.8, 4) is 0 Å².